The molecule has 0 saturated carbocycles. The molecule has 0 bridgehead atoms. The molecule has 1 atom stereocenters. The maximum Gasteiger partial charge on any atom is 0.220 e. The molecule has 5 nitrogen and oxygen atoms in total. The van der Waals surface area contributed by atoms with E-state index >= 15 is 0 Å². The lowest BCUT2D eigenvalue weighted by Crippen LogP contribution is -2.26. The lowest BCUT2D eigenvalue weighted by Gasteiger charge is -2.08. The molecule has 0 aliphatic heterocycles. The maximum atomic E-state index is 11.5. The van der Waals surface area contributed by atoms with Crippen molar-refractivity contribution in [1.82, 2.24) is 15.1 Å². The summed E-state index contributed by atoms with van der Waals surface area (Å²) in [6.07, 6.45) is 6.01. The molecule has 0 fully saturated rings. The van der Waals surface area contributed by atoms with Gasteiger partial charge in [-0.1, -0.05) is 6.92 Å². The van der Waals surface area contributed by atoms with Gasteiger partial charge in [-0.3, -0.25) is 9.48 Å². The maximum absolute atomic E-state index is 11.5. The third kappa shape index (κ3) is 6.06. The first-order valence-electron chi connectivity index (χ1n) is 6.16. The van der Waals surface area contributed by atoms with Gasteiger partial charge >= 0.3 is 0 Å². The third-order valence-electron chi connectivity index (χ3n) is 2.71. The quantitative estimate of drug-likeness (QED) is 0.657. The molecule has 0 aromatic carbocycles. The second-order valence-corrected chi connectivity index (χ2v) is 4.35. The first kappa shape index (κ1) is 13.7. The fraction of sp³-hybridized carbons (Fsp3) is 0.667. The van der Waals surface area contributed by atoms with E-state index in [1.807, 2.05) is 16.9 Å². The predicted molar refractivity (Wildman–Crippen MR) is 67.3 cm³/mol. The molecule has 0 radical (unpaired) electrons. The number of nitrogens with one attached hydrogen (secondary N) is 1. The fourth-order valence-electron chi connectivity index (χ4n) is 1.49. The van der Waals surface area contributed by atoms with E-state index in [2.05, 4.69) is 17.3 Å². The highest BCUT2D eigenvalue weighted by Crippen LogP contribution is 2.02. The van der Waals surface area contributed by atoms with Crippen LogP contribution in [-0.2, 0) is 11.3 Å². The van der Waals surface area contributed by atoms with Gasteiger partial charge in [-0.2, -0.15) is 5.10 Å². The van der Waals surface area contributed by atoms with Gasteiger partial charge in [0, 0.05) is 31.9 Å². The number of hydrogen-bond acceptors (Lipinski definition) is 3. The van der Waals surface area contributed by atoms with Crippen molar-refractivity contribution in [3.05, 3.63) is 18.5 Å². The second kappa shape index (κ2) is 7.84. The number of carbonyl (C=O) groups excluding carboxylic acids is 1. The summed E-state index contributed by atoms with van der Waals surface area (Å²) in [5, 5.41) is 7.00. The summed E-state index contributed by atoms with van der Waals surface area (Å²) in [7, 11) is 0. The average molecular weight is 238 g/mol. The van der Waals surface area contributed by atoms with E-state index in [-0.39, 0.29) is 5.91 Å². The Morgan fingerprint density at radius 3 is 3.06 bits per heavy atom. The summed E-state index contributed by atoms with van der Waals surface area (Å²) in [5.41, 5.74) is 5.49. The van der Waals surface area contributed by atoms with Crippen LogP contribution in [0.1, 0.15) is 26.2 Å². The molecule has 1 aromatic heterocycles. The number of rotatable bonds is 8. The SMILES string of the molecule is CC(CN)CCC(=O)NCCCn1cccn1. The molecular weight excluding hydrogens is 216 g/mol. The number of aryl methyl sites for hydroxylation is 1. The summed E-state index contributed by atoms with van der Waals surface area (Å²) < 4.78 is 1.86. The number of nitrogens with two attached hydrogens (primary N) is 1. The molecular formula is C12H22N4O. The molecule has 17 heavy (non-hydrogen) atoms. The minimum absolute atomic E-state index is 0.116. The summed E-state index contributed by atoms with van der Waals surface area (Å²) >= 11 is 0. The summed E-state index contributed by atoms with van der Waals surface area (Å²) in [5.74, 6) is 0.538. The standard InChI is InChI=1S/C12H22N4O/c1-11(10-13)4-5-12(17)14-6-2-8-16-9-3-7-15-16/h3,7,9,11H,2,4-6,8,10,13H2,1H3,(H,14,17). The minimum atomic E-state index is 0.116. The van der Waals surface area contributed by atoms with E-state index in [9.17, 15) is 4.79 Å². The van der Waals surface area contributed by atoms with Crippen molar-refractivity contribution in [3.63, 3.8) is 0 Å². The van der Waals surface area contributed by atoms with Crippen molar-refractivity contribution in [2.75, 3.05) is 13.1 Å². The van der Waals surface area contributed by atoms with Crippen LogP contribution >= 0.6 is 0 Å². The average Bonchev–Trinajstić information content (AvgIpc) is 2.84. The Morgan fingerprint density at radius 1 is 1.59 bits per heavy atom. The summed E-state index contributed by atoms with van der Waals surface area (Å²) in [6.45, 7) is 4.25. The normalized spacial score (nSPS) is 12.4. The van der Waals surface area contributed by atoms with Crippen molar-refractivity contribution >= 4 is 5.91 Å². The van der Waals surface area contributed by atoms with Crippen molar-refractivity contribution in [1.29, 1.82) is 0 Å². The number of hydrogen-bond donors (Lipinski definition) is 2. The van der Waals surface area contributed by atoms with Crippen LogP contribution in [0.5, 0.6) is 0 Å². The van der Waals surface area contributed by atoms with Crippen molar-refractivity contribution in [3.8, 4) is 0 Å². The first-order valence-corrected chi connectivity index (χ1v) is 6.16. The molecule has 0 aliphatic rings. The Labute approximate surface area is 102 Å². The van der Waals surface area contributed by atoms with Gasteiger partial charge in [0.05, 0.1) is 0 Å². The largest absolute Gasteiger partial charge is 0.356 e. The molecule has 1 heterocycles. The van der Waals surface area contributed by atoms with Crippen LogP contribution in [0.15, 0.2) is 18.5 Å². The van der Waals surface area contributed by atoms with Crippen molar-refractivity contribution in [2.45, 2.75) is 32.7 Å². The van der Waals surface area contributed by atoms with Gasteiger partial charge < -0.3 is 11.1 Å². The monoisotopic (exact) mass is 238 g/mol. The third-order valence-corrected chi connectivity index (χ3v) is 2.71. The molecule has 0 spiro atoms. The van der Waals surface area contributed by atoms with E-state index in [0.29, 0.717) is 25.4 Å². The van der Waals surface area contributed by atoms with Gasteiger partial charge in [0.25, 0.3) is 0 Å². The predicted octanol–water partition coefficient (Wildman–Crippen LogP) is 0.764. The van der Waals surface area contributed by atoms with Gasteiger partial charge in [-0.15, -0.1) is 0 Å². The van der Waals surface area contributed by atoms with Crippen LogP contribution in [0.3, 0.4) is 0 Å². The molecule has 0 saturated heterocycles. The van der Waals surface area contributed by atoms with Crippen LogP contribution in [0.2, 0.25) is 0 Å². The van der Waals surface area contributed by atoms with Gasteiger partial charge in [0.2, 0.25) is 5.91 Å². The minimum Gasteiger partial charge on any atom is -0.356 e. The fourth-order valence-corrected chi connectivity index (χ4v) is 1.49. The zero-order valence-corrected chi connectivity index (χ0v) is 10.4. The van der Waals surface area contributed by atoms with Crippen LogP contribution in [0.25, 0.3) is 0 Å². The molecule has 5 heteroatoms. The second-order valence-electron chi connectivity index (χ2n) is 4.35. The smallest absolute Gasteiger partial charge is 0.220 e. The van der Waals surface area contributed by atoms with Crippen molar-refractivity contribution in [2.24, 2.45) is 11.7 Å². The van der Waals surface area contributed by atoms with E-state index in [4.69, 9.17) is 5.73 Å². The Morgan fingerprint density at radius 2 is 2.41 bits per heavy atom. The number of nitrogens with zero attached hydrogens (tertiary/aromatic N) is 2. The van der Waals surface area contributed by atoms with E-state index in [1.54, 1.807) is 6.20 Å². The molecule has 96 valence electrons. The van der Waals surface area contributed by atoms with Gasteiger partial charge in [-0.05, 0) is 31.4 Å². The van der Waals surface area contributed by atoms with Crippen LogP contribution in [0.4, 0.5) is 0 Å². The number of carbonyl (C=O) groups is 1. The Balaban J connectivity index is 2.00. The van der Waals surface area contributed by atoms with Crippen LogP contribution in [-0.4, -0.2) is 28.8 Å². The van der Waals surface area contributed by atoms with Gasteiger partial charge in [0.15, 0.2) is 0 Å². The molecule has 3 N–H and O–H groups in total. The molecule has 1 unspecified atom stereocenters. The number of amides is 1. The van der Waals surface area contributed by atoms with E-state index in [0.717, 1.165) is 19.4 Å². The van der Waals surface area contributed by atoms with Crippen LogP contribution in [0, 0.1) is 5.92 Å². The highest BCUT2D eigenvalue weighted by Gasteiger charge is 2.04. The van der Waals surface area contributed by atoms with E-state index < -0.39 is 0 Å². The molecule has 0 aliphatic carbocycles. The van der Waals surface area contributed by atoms with E-state index in [1.165, 1.54) is 0 Å². The Kier molecular flexibility index (Phi) is 6.32. The molecule has 1 amide bonds. The van der Waals surface area contributed by atoms with Crippen LogP contribution < -0.4 is 11.1 Å². The highest BCUT2D eigenvalue weighted by atomic mass is 16.1. The Hall–Kier alpha value is -1.36. The van der Waals surface area contributed by atoms with Gasteiger partial charge in [0.1, 0.15) is 0 Å². The first-order chi connectivity index (χ1) is 8.22. The zero-order chi connectivity index (χ0) is 12.5. The lowest BCUT2D eigenvalue weighted by molar-refractivity contribution is -0.121. The highest BCUT2D eigenvalue weighted by molar-refractivity contribution is 5.75. The van der Waals surface area contributed by atoms with Gasteiger partial charge in [-0.25, -0.2) is 0 Å². The lowest BCUT2D eigenvalue weighted by atomic mass is 10.1. The van der Waals surface area contributed by atoms with Crippen molar-refractivity contribution < 1.29 is 4.79 Å². The zero-order valence-electron chi connectivity index (χ0n) is 10.4. The molecule has 1 aromatic rings. The summed E-state index contributed by atoms with van der Waals surface area (Å²) in [6, 6.07) is 1.90. The number of aromatic nitrogens is 2. The summed E-state index contributed by atoms with van der Waals surface area (Å²) in [4.78, 5) is 11.5. The topological polar surface area (TPSA) is 72.9 Å². The Bertz CT molecular complexity index is 310. The molecule has 1 rings (SSSR count).